The van der Waals surface area contributed by atoms with Crippen LogP contribution in [-0.4, -0.2) is 9.55 Å². The van der Waals surface area contributed by atoms with E-state index in [1.807, 2.05) is 11.3 Å². The van der Waals surface area contributed by atoms with Crippen LogP contribution in [0, 0.1) is 0 Å². The summed E-state index contributed by atoms with van der Waals surface area (Å²) in [5, 5.41) is 15.2. The van der Waals surface area contributed by atoms with Gasteiger partial charge in [0.05, 0.1) is 28.1 Å². The minimum atomic E-state index is 0.944. The van der Waals surface area contributed by atoms with Crippen molar-refractivity contribution < 1.29 is 0 Å². The van der Waals surface area contributed by atoms with Crippen LogP contribution >= 0.6 is 11.3 Å². The molecule has 0 aliphatic heterocycles. The Morgan fingerprint density at radius 1 is 0.333 bits per heavy atom. The van der Waals surface area contributed by atoms with Crippen molar-refractivity contribution in [2.75, 3.05) is 0 Å². The Hall–Kier alpha value is -7.59. The van der Waals surface area contributed by atoms with Gasteiger partial charge in [0.1, 0.15) is 0 Å². The molecule has 3 heteroatoms. The molecule has 2 nitrogen and oxygen atoms in total. The molecular weight excluding hydrogens is 745 g/mol. The van der Waals surface area contributed by atoms with Crippen LogP contribution in [0.15, 0.2) is 206 Å². The fourth-order valence-corrected chi connectivity index (χ4v) is 11.4. The quantitative estimate of drug-likeness (QED) is 0.163. The molecular formula is C57H34N2S. The number of nitrogens with zero attached hydrogens (tertiary/aromatic N) is 2. The Bertz CT molecular complexity index is 3810. The average Bonchev–Trinajstić information content (AvgIpc) is 3.90. The lowest BCUT2D eigenvalue weighted by molar-refractivity contribution is 1.17. The van der Waals surface area contributed by atoms with Gasteiger partial charge in [-0.25, -0.2) is 4.98 Å². The fourth-order valence-electron chi connectivity index (χ4n) is 9.99. The molecule has 0 spiro atoms. The van der Waals surface area contributed by atoms with E-state index in [2.05, 4.69) is 211 Å². The Morgan fingerprint density at radius 2 is 0.800 bits per heavy atom. The van der Waals surface area contributed by atoms with Crippen LogP contribution < -0.4 is 0 Å². The maximum atomic E-state index is 5.35. The van der Waals surface area contributed by atoms with E-state index in [4.69, 9.17) is 4.98 Å². The lowest BCUT2D eigenvalue weighted by Gasteiger charge is -2.16. The summed E-state index contributed by atoms with van der Waals surface area (Å²) in [7, 11) is 0. The van der Waals surface area contributed by atoms with Crippen molar-refractivity contribution in [2.24, 2.45) is 0 Å². The van der Waals surface area contributed by atoms with Crippen molar-refractivity contribution >= 4 is 96.4 Å². The second-order valence-electron chi connectivity index (χ2n) is 15.8. The first kappa shape index (κ1) is 33.4. The summed E-state index contributed by atoms with van der Waals surface area (Å²) in [6, 6.07) is 75.3. The topological polar surface area (TPSA) is 17.8 Å². The van der Waals surface area contributed by atoms with E-state index in [1.165, 1.54) is 96.2 Å². The molecule has 3 aromatic heterocycles. The van der Waals surface area contributed by atoms with Gasteiger partial charge in [0.25, 0.3) is 0 Å². The van der Waals surface area contributed by atoms with Gasteiger partial charge in [-0.1, -0.05) is 194 Å². The van der Waals surface area contributed by atoms with Crippen molar-refractivity contribution in [1.29, 1.82) is 0 Å². The Morgan fingerprint density at radius 3 is 1.48 bits per heavy atom. The van der Waals surface area contributed by atoms with E-state index in [-0.39, 0.29) is 0 Å². The van der Waals surface area contributed by atoms with E-state index >= 15 is 0 Å². The fraction of sp³-hybridized carbons (Fsp3) is 0. The van der Waals surface area contributed by atoms with Crippen molar-refractivity contribution in [3.8, 4) is 39.3 Å². The van der Waals surface area contributed by atoms with Crippen LogP contribution in [0.25, 0.3) is 124 Å². The molecule has 0 aliphatic carbocycles. The van der Waals surface area contributed by atoms with E-state index in [0.717, 1.165) is 28.2 Å². The van der Waals surface area contributed by atoms with E-state index in [9.17, 15) is 0 Å². The normalized spacial score (nSPS) is 12.0. The number of benzene rings is 10. The van der Waals surface area contributed by atoms with E-state index < -0.39 is 0 Å². The van der Waals surface area contributed by atoms with E-state index in [0.29, 0.717) is 0 Å². The van der Waals surface area contributed by atoms with Crippen molar-refractivity contribution in [3.63, 3.8) is 0 Å². The zero-order chi connectivity index (χ0) is 39.3. The maximum Gasteiger partial charge on any atom is 0.0730 e. The van der Waals surface area contributed by atoms with Gasteiger partial charge in [0.2, 0.25) is 0 Å². The Balaban J connectivity index is 1.28. The van der Waals surface area contributed by atoms with Crippen LogP contribution in [0.5, 0.6) is 0 Å². The number of hydrogen-bond donors (Lipinski definition) is 0. The summed E-state index contributed by atoms with van der Waals surface area (Å²) >= 11 is 1.95. The third-order valence-corrected chi connectivity index (χ3v) is 13.8. The summed E-state index contributed by atoms with van der Waals surface area (Å²) in [5.41, 5.74) is 10.1. The molecule has 3 heterocycles. The number of thiophene rings is 1. The number of hydrogen-bond acceptors (Lipinski definition) is 2. The molecule has 0 bridgehead atoms. The van der Waals surface area contributed by atoms with Gasteiger partial charge < -0.3 is 4.57 Å². The first-order valence-corrected chi connectivity index (χ1v) is 21.4. The van der Waals surface area contributed by atoms with Gasteiger partial charge in [-0.3, -0.25) is 0 Å². The van der Waals surface area contributed by atoms with Crippen LogP contribution in [0.4, 0.5) is 0 Å². The first-order chi connectivity index (χ1) is 29.8. The molecule has 10 aromatic carbocycles. The van der Waals surface area contributed by atoms with Gasteiger partial charge in [-0.15, -0.1) is 11.3 Å². The zero-order valence-electron chi connectivity index (χ0n) is 32.4. The molecule has 13 aromatic rings. The number of fused-ring (bicyclic) bond motifs is 16. The van der Waals surface area contributed by atoms with Crippen LogP contribution in [-0.2, 0) is 0 Å². The highest BCUT2D eigenvalue weighted by Crippen LogP contribution is 2.53. The standard InChI is InChI=1S/C57H34N2S/c1-3-18-36(19-4-1)49-33-38(34-50(58-49)37-20-5-2-6-21-37)59-54-45-28-13-10-25-42(45)41-24-9-11-26-43(41)52(54)53-55(59)46-29-14-12-27-44(46)51-48-32-16-31-47(56(48)60-57(51)53)40-30-15-22-35-17-7-8-23-39(35)40/h1-34H. The smallest absolute Gasteiger partial charge is 0.0730 e. The molecule has 0 aliphatic rings. The van der Waals surface area contributed by atoms with Gasteiger partial charge in [0, 0.05) is 58.4 Å². The van der Waals surface area contributed by atoms with Crippen LogP contribution in [0.2, 0.25) is 0 Å². The second-order valence-corrected chi connectivity index (χ2v) is 16.8. The number of rotatable bonds is 4. The van der Waals surface area contributed by atoms with Gasteiger partial charge in [-0.05, 0) is 50.0 Å². The predicted octanol–water partition coefficient (Wildman–Crippen LogP) is 16.2. The summed E-state index contributed by atoms with van der Waals surface area (Å²) < 4.78 is 5.21. The summed E-state index contributed by atoms with van der Waals surface area (Å²) in [6.07, 6.45) is 0. The molecule has 0 saturated carbocycles. The molecule has 60 heavy (non-hydrogen) atoms. The van der Waals surface area contributed by atoms with Crippen LogP contribution in [0.1, 0.15) is 0 Å². The van der Waals surface area contributed by atoms with Crippen molar-refractivity contribution in [2.45, 2.75) is 0 Å². The van der Waals surface area contributed by atoms with Crippen molar-refractivity contribution in [3.05, 3.63) is 206 Å². The minimum Gasteiger partial charge on any atom is -0.308 e. The third kappa shape index (κ3) is 4.78. The Kier molecular flexibility index (Phi) is 7.21. The SMILES string of the molecule is c1ccc(-c2cc(-n3c4c5ccccc5c5ccccc5c4c4c5sc6c(-c7cccc8ccccc78)cccc6c5c5ccccc5c43)cc(-c3ccccc3)n2)cc1. The summed E-state index contributed by atoms with van der Waals surface area (Å²) in [6.45, 7) is 0. The molecule has 0 saturated heterocycles. The Labute approximate surface area is 349 Å². The second kappa shape index (κ2) is 13.0. The predicted molar refractivity (Wildman–Crippen MR) is 258 cm³/mol. The van der Waals surface area contributed by atoms with Gasteiger partial charge >= 0.3 is 0 Å². The largest absolute Gasteiger partial charge is 0.308 e. The van der Waals surface area contributed by atoms with E-state index in [1.54, 1.807) is 0 Å². The summed E-state index contributed by atoms with van der Waals surface area (Å²) in [5.74, 6) is 0. The number of aromatic nitrogens is 2. The van der Waals surface area contributed by atoms with Crippen molar-refractivity contribution in [1.82, 2.24) is 9.55 Å². The lowest BCUT2D eigenvalue weighted by Crippen LogP contribution is -1.99. The highest BCUT2D eigenvalue weighted by atomic mass is 32.1. The first-order valence-electron chi connectivity index (χ1n) is 20.5. The minimum absolute atomic E-state index is 0.944. The molecule has 0 N–H and O–H groups in total. The highest BCUT2D eigenvalue weighted by molar-refractivity contribution is 7.27. The monoisotopic (exact) mass is 778 g/mol. The third-order valence-electron chi connectivity index (χ3n) is 12.5. The molecule has 0 atom stereocenters. The number of pyridine rings is 1. The molecule has 0 fully saturated rings. The summed E-state index contributed by atoms with van der Waals surface area (Å²) in [4.78, 5) is 5.35. The zero-order valence-corrected chi connectivity index (χ0v) is 33.2. The molecule has 0 amide bonds. The van der Waals surface area contributed by atoms with Crippen LogP contribution in [0.3, 0.4) is 0 Å². The van der Waals surface area contributed by atoms with Gasteiger partial charge in [-0.2, -0.15) is 0 Å². The molecule has 0 unspecified atom stereocenters. The molecule has 0 radical (unpaired) electrons. The molecule has 278 valence electrons. The lowest BCUT2D eigenvalue weighted by atomic mass is 9.94. The average molecular weight is 779 g/mol. The highest BCUT2D eigenvalue weighted by Gasteiger charge is 2.26. The van der Waals surface area contributed by atoms with Gasteiger partial charge in [0.15, 0.2) is 0 Å². The molecule has 13 rings (SSSR count). The maximum absolute atomic E-state index is 5.35.